The van der Waals surface area contributed by atoms with Gasteiger partial charge in [-0.2, -0.15) is 0 Å². The third kappa shape index (κ3) is 3.21. The number of nitrogens with zero attached hydrogens (tertiary/aromatic N) is 1. The Balaban J connectivity index is 0.000000461. The number of aryl methyl sites for hydroxylation is 1. The van der Waals surface area contributed by atoms with Gasteiger partial charge in [0, 0.05) is 12.0 Å². The van der Waals surface area contributed by atoms with Crippen LogP contribution in [0.3, 0.4) is 0 Å². The minimum absolute atomic E-state index is 0.450. The zero-order valence-electron chi connectivity index (χ0n) is 8.01. The SMILES string of the molecule is CC.Cc1cc(C(C)C)on1. The Labute approximate surface area is 68.6 Å². The van der Waals surface area contributed by atoms with Gasteiger partial charge < -0.3 is 4.52 Å². The van der Waals surface area contributed by atoms with Gasteiger partial charge in [-0.05, 0) is 6.92 Å². The zero-order valence-corrected chi connectivity index (χ0v) is 8.01. The summed E-state index contributed by atoms with van der Waals surface area (Å²) in [7, 11) is 0. The average Bonchev–Trinajstić information content (AvgIpc) is 2.40. The average molecular weight is 155 g/mol. The summed E-state index contributed by atoms with van der Waals surface area (Å²) in [4.78, 5) is 0. The molecule has 0 N–H and O–H groups in total. The van der Waals surface area contributed by atoms with Gasteiger partial charge in [0.15, 0.2) is 0 Å². The highest BCUT2D eigenvalue weighted by Crippen LogP contribution is 2.13. The molecule has 0 aromatic carbocycles. The summed E-state index contributed by atoms with van der Waals surface area (Å²) in [5.41, 5.74) is 0.957. The van der Waals surface area contributed by atoms with Crippen LogP contribution in [-0.2, 0) is 0 Å². The Morgan fingerprint density at radius 3 is 2.09 bits per heavy atom. The number of rotatable bonds is 1. The van der Waals surface area contributed by atoms with Gasteiger partial charge in [0.25, 0.3) is 0 Å². The van der Waals surface area contributed by atoms with E-state index < -0.39 is 0 Å². The Kier molecular flexibility index (Phi) is 4.59. The molecule has 1 heterocycles. The van der Waals surface area contributed by atoms with Crippen molar-refractivity contribution < 1.29 is 4.52 Å². The van der Waals surface area contributed by atoms with Gasteiger partial charge in [-0.3, -0.25) is 0 Å². The van der Waals surface area contributed by atoms with Crippen LogP contribution in [0.1, 0.15) is 45.1 Å². The summed E-state index contributed by atoms with van der Waals surface area (Å²) in [6, 6.07) is 1.96. The smallest absolute Gasteiger partial charge is 0.139 e. The summed E-state index contributed by atoms with van der Waals surface area (Å²) in [6.07, 6.45) is 0. The Hall–Kier alpha value is -0.790. The lowest BCUT2D eigenvalue weighted by molar-refractivity contribution is 0.368. The summed E-state index contributed by atoms with van der Waals surface area (Å²) < 4.78 is 4.98. The van der Waals surface area contributed by atoms with Gasteiger partial charge in [0.05, 0.1) is 5.69 Å². The van der Waals surface area contributed by atoms with E-state index in [9.17, 15) is 0 Å². The number of hydrogen-bond acceptors (Lipinski definition) is 2. The lowest BCUT2D eigenvalue weighted by Crippen LogP contribution is -1.80. The molecule has 11 heavy (non-hydrogen) atoms. The summed E-state index contributed by atoms with van der Waals surface area (Å²) >= 11 is 0. The number of hydrogen-bond donors (Lipinski definition) is 0. The van der Waals surface area contributed by atoms with Crippen LogP contribution >= 0.6 is 0 Å². The molecule has 1 aromatic rings. The van der Waals surface area contributed by atoms with E-state index in [4.69, 9.17) is 4.52 Å². The van der Waals surface area contributed by atoms with E-state index in [-0.39, 0.29) is 0 Å². The molecule has 0 radical (unpaired) electrons. The van der Waals surface area contributed by atoms with Crippen LogP contribution in [0.5, 0.6) is 0 Å². The molecule has 0 unspecified atom stereocenters. The molecule has 0 saturated heterocycles. The van der Waals surface area contributed by atoms with Crippen LogP contribution < -0.4 is 0 Å². The highest BCUT2D eigenvalue weighted by Gasteiger charge is 2.03. The standard InChI is InChI=1S/C7H11NO.C2H6/c1-5(2)7-4-6(3)8-9-7;1-2/h4-5H,1-3H3;1-2H3. The molecule has 0 bridgehead atoms. The van der Waals surface area contributed by atoms with Gasteiger partial charge in [0.2, 0.25) is 0 Å². The highest BCUT2D eigenvalue weighted by molar-refractivity contribution is 5.06. The van der Waals surface area contributed by atoms with Crippen molar-refractivity contribution >= 4 is 0 Å². The molecule has 0 fully saturated rings. The highest BCUT2D eigenvalue weighted by atomic mass is 16.5. The van der Waals surface area contributed by atoms with Crippen molar-refractivity contribution in [2.24, 2.45) is 0 Å². The predicted molar refractivity (Wildman–Crippen MR) is 46.7 cm³/mol. The Morgan fingerprint density at radius 1 is 1.36 bits per heavy atom. The first-order chi connectivity index (χ1) is 5.20. The second kappa shape index (κ2) is 4.94. The lowest BCUT2D eigenvalue weighted by atomic mass is 10.1. The molecule has 0 spiro atoms. The molecule has 1 aromatic heterocycles. The summed E-state index contributed by atoms with van der Waals surface area (Å²) in [6.45, 7) is 10.1. The molecular formula is C9H17NO. The normalized spacial score (nSPS) is 9.27. The quantitative estimate of drug-likeness (QED) is 0.622. The van der Waals surface area contributed by atoms with Crippen molar-refractivity contribution in [2.45, 2.75) is 40.5 Å². The van der Waals surface area contributed by atoms with Gasteiger partial charge in [-0.1, -0.05) is 32.9 Å². The predicted octanol–water partition coefficient (Wildman–Crippen LogP) is 3.13. The van der Waals surface area contributed by atoms with Crippen molar-refractivity contribution in [3.63, 3.8) is 0 Å². The fourth-order valence-electron chi connectivity index (χ4n) is 0.655. The maximum atomic E-state index is 4.98. The Bertz CT molecular complexity index is 191. The van der Waals surface area contributed by atoms with Crippen molar-refractivity contribution in [3.8, 4) is 0 Å². The van der Waals surface area contributed by atoms with E-state index in [1.165, 1.54) is 0 Å². The van der Waals surface area contributed by atoms with Crippen molar-refractivity contribution in [1.82, 2.24) is 5.16 Å². The van der Waals surface area contributed by atoms with E-state index in [2.05, 4.69) is 19.0 Å². The maximum Gasteiger partial charge on any atom is 0.139 e. The van der Waals surface area contributed by atoms with Crippen molar-refractivity contribution in [3.05, 3.63) is 17.5 Å². The molecule has 0 atom stereocenters. The molecule has 0 aliphatic rings. The second-order valence-corrected chi connectivity index (χ2v) is 2.53. The summed E-state index contributed by atoms with van der Waals surface area (Å²) in [5.74, 6) is 1.42. The first-order valence-corrected chi connectivity index (χ1v) is 4.13. The topological polar surface area (TPSA) is 26.0 Å². The lowest BCUT2D eigenvalue weighted by Gasteiger charge is -1.92. The van der Waals surface area contributed by atoms with Crippen LogP contribution in [-0.4, -0.2) is 5.16 Å². The molecular weight excluding hydrogens is 138 g/mol. The molecule has 0 aliphatic carbocycles. The minimum Gasteiger partial charge on any atom is -0.361 e. The van der Waals surface area contributed by atoms with Crippen molar-refractivity contribution in [1.29, 1.82) is 0 Å². The first kappa shape index (κ1) is 10.2. The number of aromatic nitrogens is 1. The van der Waals surface area contributed by atoms with E-state index in [0.29, 0.717) is 5.92 Å². The third-order valence-electron chi connectivity index (χ3n) is 1.22. The summed E-state index contributed by atoms with van der Waals surface area (Å²) in [5, 5.41) is 3.76. The van der Waals surface area contributed by atoms with Gasteiger partial charge in [-0.25, -0.2) is 0 Å². The maximum absolute atomic E-state index is 4.98. The minimum atomic E-state index is 0.450. The van der Waals surface area contributed by atoms with Gasteiger partial charge >= 0.3 is 0 Å². The largest absolute Gasteiger partial charge is 0.361 e. The fourth-order valence-corrected chi connectivity index (χ4v) is 0.655. The van der Waals surface area contributed by atoms with E-state index in [1.807, 2.05) is 26.8 Å². The zero-order chi connectivity index (χ0) is 8.85. The van der Waals surface area contributed by atoms with Crippen LogP contribution in [0.4, 0.5) is 0 Å². The molecule has 2 heteroatoms. The molecule has 2 nitrogen and oxygen atoms in total. The van der Waals surface area contributed by atoms with Crippen LogP contribution in [0.25, 0.3) is 0 Å². The van der Waals surface area contributed by atoms with Gasteiger partial charge in [0.1, 0.15) is 5.76 Å². The van der Waals surface area contributed by atoms with E-state index in [1.54, 1.807) is 0 Å². The van der Waals surface area contributed by atoms with E-state index in [0.717, 1.165) is 11.5 Å². The molecule has 1 rings (SSSR count). The molecule has 0 aliphatic heterocycles. The van der Waals surface area contributed by atoms with E-state index >= 15 is 0 Å². The van der Waals surface area contributed by atoms with Crippen molar-refractivity contribution in [2.75, 3.05) is 0 Å². The first-order valence-electron chi connectivity index (χ1n) is 4.13. The molecule has 0 saturated carbocycles. The monoisotopic (exact) mass is 155 g/mol. The van der Waals surface area contributed by atoms with Crippen LogP contribution in [0, 0.1) is 6.92 Å². The van der Waals surface area contributed by atoms with Crippen LogP contribution in [0.2, 0.25) is 0 Å². The molecule has 0 amide bonds. The third-order valence-corrected chi connectivity index (χ3v) is 1.22. The second-order valence-electron chi connectivity index (χ2n) is 2.53. The Morgan fingerprint density at radius 2 is 1.91 bits per heavy atom. The fraction of sp³-hybridized carbons (Fsp3) is 0.667. The van der Waals surface area contributed by atoms with Gasteiger partial charge in [-0.15, -0.1) is 0 Å². The molecule has 64 valence electrons. The van der Waals surface area contributed by atoms with Crippen LogP contribution in [0.15, 0.2) is 10.6 Å².